The molecule has 0 N–H and O–H groups in total. The standard InChI is InChI=1S/C18H27NO2/c1-2-16-13-19(12-15-8-4-3-5-9-15)14-17(16)21-18-10-6-7-11-20-18/h3-5,8-9,16-18H,2,6-7,10-14H2,1H3/t16?,17-,18?/m1/s1. The number of rotatable bonds is 5. The second kappa shape index (κ2) is 7.39. The van der Waals surface area contributed by atoms with Crippen LogP contribution in [0.3, 0.4) is 0 Å². The summed E-state index contributed by atoms with van der Waals surface area (Å²) in [6.07, 6.45) is 5.04. The summed E-state index contributed by atoms with van der Waals surface area (Å²) >= 11 is 0. The summed E-state index contributed by atoms with van der Waals surface area (Å²) in [5, 5.41) is 0. The first-order chi connectivity index (χ1) is 10.3. The van der Waals surface area contributed by atoms with Crippen molar-refractivity contribution in [3.8, 4) is 0 Å². The second-order valence-corrected chi connectivity index (χ2v) is 6.32. The Kier molecular flexibility index (Phi) is 5.28. The van der Waals surface area contributed by atoms with Crippen LogP contribution in [0.2, 0.25) is 0 Å². The van der Waals surface area contributed by atoms with Crippen molar-refractivity contribution >= 4 is 0 Å². The van der Waals surface area contributed by atoms with Crippen LogP contribution in [-0.2, 0) is 16.0 Å². The molecule has 0 bridgehead atoms. The fraction of sp³-hybridized carbons (Fsp3) is 0.667. The lowest BCUT2D eigenvalue weighted by molar-refractivity contribution is -0.192. The van der Waals surface area contributed by atoms with E-state index in [4.69, 9.17) is 9.47 Å². The molecule has 0 spiro atoms. The molecule has 2 aliphatic rings. The maximum Gasteiger partial charge on any atom is 0.158 e. The summed E-state index contributed by atoms with van der Waals surface area (Å²) in [5.74, 6) is 0.638. The van der Waals surface area contributed by atoms with Gasteiger partial charge in [0, 0.05) is 26.2 Å². The number of likely N-dealkylation sites (tertiary alicyclic amines) is 1. The van der Waals surface area contributed by atoms with Gasteiger partial charge in [-0.1, -0.05) is 37.3 Å². The van der Waals surface area contributed by atoms with E-state index < -0.39 is 0 Å². The van der Waals surface area contributed by atoms with Crippen molar-refractivity contribution in [1.82, 2.24) is 4.90 Å². The molecule has 116 valence electrons. The van der Waals surface area contributed by atoms with E-state index in [9.17, 15) is 0 Å². The Balaban J connectivity index is 1.55. The van der Waals surface area contributed by atoms with Crippen molar-refractivity contribution in [3.63, 3.8) is 0 Å². The van der Waals surface area contributed by atoms with Gasteiger partial charge in [-0.15, -0.1) is 0 Å². The monoisotopic (exact) mass is 289 g/mol. The minimum atomic E-state index is 0.0366. The van der Waals surface area contributed by atoms with Crippen molar-refractivity contribution in [1.29, 1.82) is 0 Å². The summed E-state index contributed by atoms with van der Waals surface area (Å²) in [4.78, 5) is 2.52. The molecule has 2 heterocycles. The van der Waals surface area contributed by atoms with Crippen molar-refractivity contribution < 1.29 is 9.47 Å². The van der Waals surface area contributed by atoms with E-state index in [1.807, 2.05) is 0 Å². The van der Waals surface area contributed by atoms with Gasteiger partial charge in [0.1, 0.15) is 0 Å². The molecule has 2 aliphatic heterocycles. The van der Waals surface area contributed by atoms with Crippen LogP contribution >= 0.6 is 0 Å². The number of hydrogen-bond donors (Lipinski definition) is 0. The van der Waals surface area contributed by atoms with Crippen LogP contribution in [0, 0.1) is 5.92 Å². The first-order valence-corrected chi connectivity index (χ1v) is 8.38. The zero-order valence-corrected chi connectivity index (χ0v) is 13.0. The number of ether oxygens (including phenoxy) is 2. The highest BCUT2D eigenvalue weighted by atomic mass is 16.7. The number of benzene rings is 1. The third kappa shape index (κ3) is 4.06. The predicted octanol–water partition coefficient (Wildman–Crippen LogP) is 3.44. The Morgan fingerprint density at radius 2 is 2.05 bits per heavy atom. The second-order valence-electron chi connectivity index (χ2n) is 6.32. The summed E-state index contributed by atoms with van der Waals surface area (Å²) < 4.78 is 12.0. The van der Waals surface area contributed by atoms with Gasteiger partial charge in [0.05, 0.1) is 6.10 Å². The Labute approximate surface area is 128 Å². The van der Waals surface area contributed by atoms with E-state index in [1.165, 1.54) is 24.8 Å². The van der Waals surface area contributed by atoms with Crippen molar-refractivity contribution in [2.45, 2.75) is 51.5 Å². The molecular weight excluding hydrogens is 262 g/mol. The van der Waals surface area contributed by atoms with Crippen LogP contribution in [0.25, 0.3) is 0 Å². The summed E-state index contributed by atoms with van der Waals surface area (Å²) in [5.41, 5.74) is 1.39. The lowest BCUT2D eigenvalue weighted by Gasteiger charge is -2.28. The van der Waals surface area contributed by atoms with Gasteiger partial charge in [0.15, 0.2) is 6.29 Å². The molecule has 0 saturated carbocycles. The Hall–Kier alpha value is -0.900. The van der Waals surface area contributed by atoms with E-state index in [2.05, 4.69) is 42.2 Å². The quantitative estimate of drug-likeness (QED) is 0.829. The SMILES string of the molecule is CCC1CN(Cc2ccccc2)C[C@H]1OC1CCCCO1. The van der Waals surface area contributed by atoms with Gasteiger partial charge in [-0.25, -0.2) is 0 Å². The number of hydrogen-bond acceptors (Lipinski definition) is 3. The first-order valence-electron chi connectivity index (χ1n) is 8.38. The van der Waals surface area contributed by atoms with Crippen LogP contribution in [0.4, 0.5) is 0 Å². The molecule has 1 aromatic rings. The van der Waals surface area contributed by atoms with Crippen LogP contribution in [0.15, 0.2) is 30.3 Å². The maximum absolute atomic E-state index is 6.26. The fourth-order valence-corrected chi connectivity index (χ4v) is 3.46. The van der Waals surface area contributed by atoms with Crippen molar-refractivity contribution in [2.75, 3.05) is 19.7 Å². The van der Waals surface area contributed by atoms with Gasteiger partial charge in [0.25, 0.3) is 0 Å². The highest BCUT2D eigenvalue weighted by Gasteiger charge is 2.34. The molecule has 0 aliphatic carbocycles. The summed E-state index contributed by atoms with van der Waals surface area (Å²) in [6, 6.07) is 10.7. The topological polar surface area (TPSA) is 21.7 Å². The maximum atomic E-state index is 6.26. The lowest BCUT2D eigenvalue weighted by Crippen LogP contribution is -2.32. The van der Waals surface area contributed by atoms with E-state index in [-0.39, 0.29) is 6.29 Å². The van der Waals surface area contributed by atoms with E-state index in [0.717, 1.165) is 32.7 Å². The largest absolute Gasteiger partial charge is 0.353 e. The third-order valence-corrected chi connectivity index (χ3v) is 4.69. The minimum absolute atomic E-state index is 0.0366. The van der Waals surface area contributed by atoms with Gasteiger partial charge in [0.2, 0.25) is 0 Å². The van der Waals surface area contributed by atoms with Crippen LogP contribution in [0.5, 0.6) is 0 Å². The van der Waals surface area contributed by atoms with Gasteiger partial charge in [-0.05, 0) is 37.2 Å². The minimum Gasteiger partial charge on any atom is -0.353 e. The van der Waals surface area contributed by atoms with Crippen LogP contribution in [0.1, 0.15) is 38.2 Å². The van der Waals surface area contributed by atoms with E-state index in [0.29, 0.717) is 12.0 Å². The molecule has 3 rings (SSSR count). The zero-order valence-electron chi connectivity index (χ0n) is 13.0. The molecule has 0 aromatic heterocycles. The molecule has 3 atom stereocenters. The summed E-state index contributed by atoms with van der Waals surface area (Å²) in [7, 11) is 0. The third-order valence-electron chi connectivity index (χ3n) is 4.69. The van der Waals surface area contributed by atoms with Gasteiger partial charge >= 0.3 is 0 Å². The normalized spacial score (nSPS) is 30.6. The van der Waals surface area contributed by atoms with Gasteiger partial charge < -0.3 is 9.47 Å². The Bertz CT molecular complexity index is 416. The van der Waals surface area contributed by atoms with Gasteiger partial charge in [-0.3, -0.25) is 4.90 Å². The molecule has 2 saturated heterocycles. The Morgan fingerprint density at radius 3 is 2.76 bits per heavy atom. The van der Waals surface area contributed by atoms with Crippen LogP contribution < -0.4 is 0 Å². The molecule has 0 radical (unpaired) electrons. The van der Waals surface area contributed by atoms with E-state index >= 15 is 0 Å². The van der Waals surface area contributed by atoms with Crippen molar-refractivity contribution in [3.05, 3.63) is 35.9 Å². The molecular formula is C18H27NO2. The van der Waals surface area contributed by atoms with Crippen molar-refractivity contribution in [2.24, 2.45) is 5.92 Å². The molecule has 2 fully saturated rings. The molecule has 1 aromatic carbocycles. The fourth-order valence-electron chi connectivity index (χ4n) is 3.46. The number of nitrogens with zero attached hydrogens (tertiary/aromatic N) is 1. The average Bonchev–Trinajstić information content (AvgIpc) is 2.91. The Morgan fingerprint density at radius 1 is 1.19 bits per heavy atom. The predicted molar refractivity (Wildman–Crippen MR) is 84.0 cm³/mol. The highest BCUT2D eigenvalue weighted by Crippen LogP contribution is 2.27. The molecule has 21 heavy (non-hydrogen) atoms. The smallest absolute Gasteiger partial charge is 0.158 e. The molecule has 3 heteroatoms. The van der Waals surface area contributed by atoms with Gasteiger partial charge in [-0.2, -0.15) is 0 Å². The molecule has 3 nitrogen and oxygen atoms in total. The summed E-state index contributed by atoms with van der Waals surface area (Å²) in [6.45, 7) is 6.34. The lowest BCUT2D eigenvalue weighted by atomic mass is 10.0. The zero-order chi connectivity index (χ0) is 14.5. The average molecular weight is 289 g/mol. The first kappa shape index (κ1) is 15.0. The van der Waals surface area contributed by atoms with E-state index in [1.54, 1.807) is 0 Å². The molecule has 2 unspecified atom stereocenters. The highest BCUT2D eigenvalue weighted by molar-refractivity contribution is 5.14. The molecule has 0 amide bonds. The van der Waals surface area contributed by atoms with Crippen LogP contribution in [-0.4, -0.2) is 37.0 Å².